The van der Waals surface area contributed by atoms with Gasteiger partial charge in [-0.05, 0) is 25.7 Å². The van der Waals surface area contributed by atoms with Gasteiger partial charge in [0, 0.05) is 13.2 Å². The lowest BCUT2D eigenvalue weighted by Crippen LogP contribution is -2.37. The van der Waals surface area contributed by atoms with Gasteiger partial charge >= 0.3 is 0 Å². The number of ether oxygens (including phenoxy) is 1. The molecule has 0 aromatic rings. The minimum absolute atomic E-state index is 0.0412. The van der Waals surface area contributed by atoms with Gasteiger partial charge in [-0.3, -0.25) is 4.79 Å². The zero-order valence-corrected chi connectivity index (χ0v) is 8.95. The highest BCUT2D eigenvalue weighted by Crippen LogP contribution is 2.19. The molecule has 1 fully saturated rings. The van der Waals surface area contributed by atoms with Crippen LogP contribution < -0.4 is 5.32 Å². The molecule has 80 valence electrons. The topological polar surface area (TPSA) is 38.3 Å². The van der Waals surface area contributed by atoms with Crippen LogP contribution >= 0.6 is 0 Å². The molecule has 1 saturated heterocycles. The number of rotatable bonds is 4. The van der Waals surface area contributed by atoms with E-state index in [-0.39, 0.29) is 12.0 Å². The average molecular weight is 197 g/mol. The van der Waals surface area contributed by atoms with Gasteiger partial charge in [0.15, 0.2) is 0 Å². The molecular weight excluding hydrogens is 178 g/mol. The van der Waals surface area contributed by atoms with Crippen LogP contribution in [0.25, 0.3) is 0 Å². The second kappa shape index (κ2) is 5.81. The Morgan fingerprint density at radius 3 is 3.00 bits per heavy atom. The molecule has 3 nitrogen and oxygen atoms in total. The van der Waals surface area contributed by atoms with Crippen LogP contribution in [0.2, 0.25) is 0 Å². The number of nitrogens with one attached hydrogen (secondary N) is 1. The highest BCUT2D eigenvalue weighted by molar-refractivity contribution is 5.81. The van der Waals surface area contributed by atoms with Crippen LogP contribution in [-0.4, -0.2) is 25.2 Å². The summed E-state index contributed by atoms with van der Waals surface area (Å²) in [5, 5.41) is 2.87. The molecule has 1 N–H and O–H groups in total. The van der Waals surface area contributed by atoms with Crippen LogP contribution in [0.3, 0.4) is 0 Å². The van der Waals surface area contributed by atoms with E-state index < -0.39 is 0 Å². The predicted octanol–water partition coefficient (Wildman–Crippen LogP) is 1.49. The third kappa shape index (κ3) is 3.14. The summed E-state index contributed by atoms with van der Waals surface area (Å²) >= 11 is 0. The Bertz CT molecular complexity index is 213. The fourth-order valence-corrected chi connectivity index (χ4v) is 1.58. The van der Waals surface area contributed by atoms with E-state index in [1.54, 1.807) is 0 Å². The first-order valence-corrected chi connectivity index (χ1v) is 5.26. The lowest BCUT2D eigenvalue weighted by molar-refractivity contribution is -0.131. The normalized spacial score (nSPS) is 27.0. The second-order valence-electron chi connectivity index (χ2n) is 3.71. The van der Waals surface area contributed by atoms with E-state index in [1.165, 1.54) is 0 Å². The Morgan fingerprint density at radius 2 is 2.43 bits per heavy atom. The molecule has 0 spiro atoms. The molecule has 0 bridgehead atoms. The van der Waals surface area contributed by atoms with Crippen LogP contribution in [0.5, 0.6) is 0 Å². The minimum atomic E-state index is -0.222. The maximum Gasteiger partial charge on any atom is 0.249 e. The summed E-state index contributed by atoms with van der Waals surface area (Å²) in [5.41, 5.74) is 0. The van der Waals surface area contributed by atoms with E-state index in [0.717, 1.165) is 12.8 Å². The minimum Gasteiger partial charge on any atom is -0.368 e. The van der Waals surface area contributed by atoms with E-state index in [9.17, 15) is 4.79 Å². The van der Waals surface area contributed by atoms with Gasteiger partial charge in [0.1, 0.15) is 6.10 Å². The summed E-state index contributed by atoms with van der Waals surface area (Å²) in [5.74, 6) is 0.399. The molecule has 14 heavy (non-hydrogen) atoms. The maximum atomic E-state index is 11.6. The highest BCUT2D eigenvalue weighted by Gasteiger charge is 2.30. The molecule has 0 radical (unpaired) electrons. The van der Waals surface area contributed by atoms with Crippen LogP contribution in [0, 0.1) is 5.92 Å². The van der Waals surface area contributed by atoms with E-state index in [4.69, 9.17) is 4.74 Å². The predicted molar refractivity (Wildman–Crippen MR) is 56.0 cm³/mol. The Hall–Kier alpha value is -0.830. The molecule has 3 heteroatoms. The Balaban J connectivity index is 2.20. The first kappa shape index (κ1) is 11.2. The van der Waals surface area contributed by atoms with Crippen molar-refractivity contribution in [1.82, 2.24) is 5.32 Å². The Labute approximate surface area is 85.5 Å². The van der Waals surface area contributed by atoms with Gasteiger partial charge in [0.2, 0.25) is 5.91 Å². The van der Waals surface area contributed by atoms with Crippen molar-refractivity contribution in [1.29, 1.82) is 0 Å². The Morgan fingerprint density at radius 1 is 1.64 bits per heavy atom. The van der Waals surface area contributed by atoms with Crippen LogP contribution in [0.1, 0.15) is 26.7 Å². The van der Waals surface area contributed by atoms with Crippen molar-refractivity contribution in [3.05, 3.63) is 12.2 Å². The number of carbonyl (C=O) groups excluding carboxylic acids is 1. The third-order valence-electron chi connectivity index (χ3n) is 2.49. The van der Waals surface area contributed by atoms with E-state index in [1.807, 2.05) is 19.1 Å². The third-order valence-corrected chi connectivity index (χ3v) is 2.49. The molecule has 1 heterocycles. The Kier molecular flexibility index (Phi) is 4.66. The number of hydrogen-bond donors (Lipinski definition) is 1. The standard InChI is InChI=1S/C11H19NO2/c1-3-4-5-7-12-11(13)10-9(2)6-8-14-10/h3-4,9-10H,5-8H2,1-2H3,(H,12,13)/b4-3+. The first-order valence-electron chi connectivity index (χ1n) is 5.26. The zero-order valence-electron chi connectivity index (χ0n) is 8.95. The quantitative estimate of drug-likeness (QED) is 0.548. The molecule has 2 atom stereocenters. The fraction of sp³-hybridized carbons (Fsp3) is 0.727. The lowest BCUT2D eigenvalue weighted by Gasteiger charge is -2.13. The molecule has 1 rings (SSSR count). The van der Waals surface area contributed by atoms with E-state index >= 15 is 0 Å². The van der Waals surface area contributed by atoms with Gasteiger partial charge < -0.3 is 10.1 Å². The summed E-state index contributed by atoms with van der Waals surface area (Å²) in [6.07, 6.45) is 5.69. The van der Waals surface area contributed by atoms with Crippen molar-refractivity contribution in [2.24, 2.45) is 5.92 Å². The SMILES string of the molecule is C/C=C/CCNC(=O)C1OCCC1C. The van der Waals surface area contributed by atoms with E-state index in [0.29, 0.717) is 19.1 Å². The molecule has 0 aromatic heterocycles. The summed E-state index contributed by atoms with van der Waals surface area (Å²) in [4.78, 5) is 11.6. The van der Waals surface area contributed by atoms with Crippen molar-refractivity contribution in [2.75, 3.05) is 13.2 Å². The number of carbonyl (C=O) groups is 1. The van der Waals surface area contributed by atoms with Gasteiger partial charge in [0.05, 0.1) is 0 Å². The highest BCUT2D eigenvalue weighted by atomic mass is 16.5. The summed E-state index contributed by atoms with van der Waals surface area (Å²) in [6.45, 7) is 5.46. The molecule has 0 saturated carbocycles. The monoisotopic (exact) mass is 197 g/mol. The molecule has 2 unspecified atom stereocenters. The van der Waals surface area contributed by atoms with Gasteiger partial charge in [-0.2, -0.15) is 0 Å². The summed E-state index contributed by atoms with van der Waals surface area (Å²) in [7, 11) is 0. The second-order valence-corrected chi connectivity index (χ2v) is 3.71. The number of hydrogen-bond acceptors (Lipinski definition) is 2. The van der Waals surface area contributed by atoms with Gasteiger partial charge in [0.25, 0.3) is 0 Å². The lowest BCUT2D eigenvalue weighted by atomic mass is 10.0. The van der Waals surface area contributed by atoms with Gasteiger partial charge in [-0.15, -0.1) is 0 Å². The molecular formula is C11H19NO2. The molecule has 0 aliphatic carbocycles. The summed E-state index contributed by atoms with van der Waals surface area (Å²) < 4.78 is 5.35. The van der Waals surface area contributed by atoms with Crippen molar-refractivity contribution in [2.45, 2.75) is 32.8 Å². The van der Waals surface area contributed by atoms with Gasteiger partial charge in [-0.25, -0.2) is 0 Å². The zero-order chi connectivity index (χ0) is 10.4. The van der Waals surface area contributed by atoms with Crippen molar-refractivity contribution in [3.63, 3.8) is 0 Å². The van der Waals surface area contributed by atoms with Crippen molar-refractivity contribution < 1.29 is 9.53 Å². The molecule has 1 aliphatic heterocycles. The van der Waals surface area contributed by atoms with Crippen LogP contribution in [-0.2, 0) is 9.53 Å². The first-order chi connectivity index (χ1) is 6.75. The van der Waals surface area contributed by atoms with Crippen LogP contribution in [0.15, 0.2) is 12.2 Å². The maximum absolute atomic E-state index is 11.6. The summed E-state index contributed by atoms with van der Waals surface area (Å²) in [6, 6.07) is 0. The van der Waals surface area contributed by atoms with Crippen LogP contribution in [0.4, 0.5) is 0 Å². The van der Waals surface area contributed by atoms with Gasteiger partial charge in [-0.1, -0.05) is 19.1 Å². The molecule has 1 amide bonds. The molecule has 0 aromatic carbocycles. The van der Waals surface area contributed by atoms with E-state index in [2.05, 4.69) is 12.2 Å². The molecule has 1 aliphatic rings. The fourth-order valence-electron chi connectivity index (χ4n) is 1.58. The smallest absolute Gasteiger partial charge is 0.249 e. The van der Waals surface area contributed by atoms with Crippen molar-refractivity contribution in [3.8, 4) is 0 Å². The van der Waals surface area contributed by atoms with Crippen molar-refractivity contribution >= 4 is 5.91 Å². The number of amides is 1. The number of allylic oxidation sites excluding steroid dienone is 1. The average Bonchev–Trinajstić information content (AvgIpc) is 2.59. The largest absolute Gasteiger partial charge is 0.368 e.